The number of rotatable bonds is 5. The molecule has 30 heavy (non-hydrogen) atoms. The molecule has 0 radical (unpaired) electrons. The van der Waals surface area contributed by atoms with E-state index in [1.54, 1.807) is 0 Å². The van der Waals surface area contributed by atoms with Crippen molar-refractivity contribution in [3.8, 4) is 22.9 Å². The fourth-order valence-corrected chi connectivity index (χ4v) is 4.88. The van der Waals surface area contributed by atoms with E-state index < -0.39 is 0 Å². The Balaban J connectivity index is 1.25. The van der Waals surface area contributed by atoms with Gasteiger partial charge in [0.15, 0.2) is 22.5 Å². The van der Waals surface area contributed by atoms with Gasteiger partial charge in [0.25, 0.3) is 0 Å². The van der Waals surface area contributed by atoms with E-state index in [2.05, 4.69) is 52.1 Å². The minimum Gasteiger partial charge on any atom is -0.454 e. The SMILES string of the molecule is CC1(C)Cc2ccccc2-c2nnc(SCC(=O)NCc3ccc4c(c3)OCO4)n21. The van der Waals surface area contributed by atoms with Gasteiger partial charge in [0.1, 0.15) is 0 Å². The third kappa shape index (κ3) is 3.41. The zero-order chi connectivity index (χ0) is 20.7. The van der Waals surface area contributed by atoms with Gasteiger partial charge in [-0.15, -0.1) is 10.2 Å². The highest BCUT2D eigenvalue weighted by atomic mass is 32.2. The maximum absolute atomic E-state index is 12.4. The summed E-state index contributed by atoms with van der Waals surface area (Å²) in [5, 5.41) is 12.5. The zero-order valence-corrected chi connectivity index (χ0v) is 17.7. The molecule has 1 N–H and O–H groups in total. The molecule has 2 aromatic carbocycles. The summed E-state index contributed by atoms with van der Waals surface area (Å²) in [5.41, 5.74) is 3.21. The summed E-state index contributed by atoms with van der Waals surface area (Å²) in [4.78, 5) is 12.4. The number of ether oxygens (including phenoxy) is 2. The first-order valence-corrected chi connectivity index (χ1v) is 10.8. The van der Waals surface area contributed by atoms with Gasteiger partial charge < -0.3 is 14.8 Å². The molecular formula is C22H22N4O3S. The molecule has 5 rings (SSSR count). The summed E-state index contributed by atoms with van der Waals surface area (Å²) in [6.45, 7) is 5.04. The smallest absolute Gasteiger partial charge is 0.231 e. The van der Waals surface area contributed by atoms with Crippen molar-refractivity contribution >= 4 is 17.7 Å². The lowest BCUT2D eigenvalue weighted by Crippen LogP contribution is -2.34. The lowest BCUT2D eigenvalue weighted by molar-refractivity contribution is -0.118. The minimum absolute atomic E-state index is 0.0518. The van der Waals surface area contributed by atoms with Crippen LogP contribution in [0.1, 0.15) is 25.0 Å². The second-order valence-electron chi connectivity index (χ2n) is 8.04. The van der Waals surface area contributed by atoms with Crippen LogP contribution < -0.4 is 14.8 Å². The molecule has 3 heterocycles. The molecule has 0 unspecified atom stereocenters. The quantitative estimate of drug-likeness (QED) is 0.635. The van der Waals surface area contributed by atoms with Crippen LogP contribution in [0.5, 0.6) is 11.5 Å². The lowest BCUT2D eigenvalue weighted by Gasteiger charge is -2.34. The van der Waals surface area contributed by atoms with E-state index in [1.165, 1.54) is 17.3 Å². The standard InChI is InChI=1S/C22H22N4O3S/c1-22(2)10-15-5-3-4-6-16(15)20-24-25-21(26(20)22)30-12-19(27)23-11-14-7-8-17-18(9-14)29-13-28-17/h3-9H,10-13H2,1-2H3,(H,23,27). The Morgan fingerprint density at radius 2 is 2.00 bits per heavy atom. The minimum atomic E-state index is -0.154. The molecule has 154 valence electrons. The van der Waals surface area contributed by atoms with Crippen molar-refractivity contribution < 1.29 is 14.3 Å². The molecule has 0 saturated heterocycles. The average molecular weight is 423 g/mol. The number of carbonyl (C=O) groups is 1. The normalized spacial score (nSPS) is 15.4. The molecule has 0 aliphatic carbocycles. The van der Waals surface area contributed by atoms with Gasteiger partial charge in [-0.1, -0.05) is 42.1 Å². The first-order valence-electron chi connectivity index (χ1n) is 9.83. The van der Waals surface area contributed by atoms with Crippen molar-refractivity contribution in [3.63, 3.8) is 0 Å². The number of hydrogen-bond acceptors (Lipinski definition) is 6. The van der Waals surface area contributed by atoms with Crippen LogP contribution >= 0.6 is 11.8 Å². The highest BCUT2D eigenvalue weighted by Gasteiger charge is 2.34. The van der Waals surface area contributed by atoms with Crippen LogP contribution in [-0.2, 0) is 23.3 Å². The highest BCUT2D eigenvalue weighted by molar-refractivity contribution is 7.99. The summed E-state index contributed by atoms with van der Waals surface area (Å²) >= 11 is 1.41. The van der Waals surface area contributed by atoms with Gasteiger partial charge in [-0.2, -0.15) is 0 Å². The first-order chi connectivity index (χ1) is 14.5. The van der Waals surface area contributed by atoms with Crippen molar-refractivity contribution in [2.75, 3.05) is 12.5 Å². The van der Waals surface area contributed by atoms with E-state index >= 15 is 0 Å². The highest BCUT2D eigenvalue weighted by Crippen LogP contribution is 2.39. The number of benzene rings is 2. The molecule has 1 amide bonds. The predicted molar refractivity (Wildman–Crippen MR) is 114 cm³/mol. The van der Waals surface area contributed by atoms with E-state index in [1.807, 2.05) is 24.3 Å². The van der Waals surface area contributed by atoms with Crippen molar-refractivity contribution in [2.45, 2.75) is 37.5 Å². The predicted octanol–water partition coefficient (Wildman–Crippen LogP) is 3.37. The monoisotopic (exact) mass is 422 g/mol. The Hall–Kier alpha value is -3.00. The largest absolute Gasteiger partial charge is 0.454 e. The Bertz CT molecular complexity index is 1130. The van der Waals surface area contributed by atoms with Gasteiger partial charge in [0.05, 0.1) is 5.75 Å². The molecule has 3 aromatic rings. The fraction of sp³-hybridized carbons (Fsp3) is 0.318. The zero-order valence-electron chi connectivity index (χ0n) is 16.8. The molecule has 0 spiro atoms. The first kappa shape index (κ1) is 19.0. The molecule has 0 saturated carbocycles. The van der Waals surface area contributed by atoms with Crippen molar-refractivity contribution in [1.29, 1.82) is 0 Å². The Labute approximate surface area is 178 Å². The van der Waals surface area contributed by atoms with E-state index in [-0.39, 0.29) is 24.0 Å². The van der Waals surface area contributed by atoms with Crippen LogP contribution in [0, 0.1) is 0 Å². The molecular weight excluding hydrogens is 400 g/mol. The number of nitrogens with zero attached hydrogens (tertiary/aromatic N) is 3. The Morgan fingerprint density at radius 1 is 1.17 bits per heavy atom. The maximum Gasteiger partial charge on any atom is 0.231 e. The topological polar surface area (TPSA) is 78.3 Å². The number of aromatic nitrogens is 3. The Morgan fingerprint density at radius 3 is 2.90 bits per heavy atom. The van der Waals surface area contributed by atoms with Gasteiger partial charge in [-0.3, -0.25) is 9.36 Å². The van der Waals surface area contributed by atoms with E-state index in [0.717, 1.165) is 34.3 Å². The lowest BCUT2D eigenvalue weighted by atomic mass is 9.87. The van der Waals surface area contributed by atoms with Crippen LogP contribution in [0.25, 0.3) is 11.4 Å². The van der Waals surface area contributed by atoms with E-state index in [0.29, 0.717) is 12.3 Å². The number of fused-ring (bicyclic) bond motifs is 4. The van der Waals surface area contributed by atoms with E-state index in [4.69, 9.17) is 9.47 Å². The van der Waals surface area contributed by atoms with Crippen LogP contribution in [0.15, 0.2) is 47.6 Å². The second kappa shape index (κ2) is 7.36. The number of hydrogen-bond donors (Lipinski definition) is 1. The third-order valence-corrected chi connectivity index (χ3v) is 6.31. The maximum atomic E-state index is 12.4. The molecule has 0 atom stereocenters. The van der Waals surface area contributed by atoms with Crippen LogP contribution in [0.2, 0.25) is 0 Å². The van der Waals surface area contributed by atoms with Crippen molar-refractivity contribution in [2.24, 2.45) is 0 Å². The van der Waals surface area contributed by atoms with Crippen LogP contribution in [0.3, 0.4) is 0 Å². The summed E-state index contributed by atoms with van der Waals surface area (Å²) in [6, 6.07) is 14.0. The molecule has 2 aliphatic rings. The molecule has 1 aromatic heterocycles. The van der Waals surface area contributed by atoms with Gasteiger partial charge in [0, 0.05) is 17.6 Å². The average Bonchev–Trinajstić information content (AvgIpc) is 3.37. The number of amides is 1. The van der Waals surface area contributed by atoms with Crippen molar-refractivity contribution in [1.82, 2.24) is 20.1 Å². The molecule has 7 nitrogen and oxygen atoms in total. The van der Waals surface area contributed by atoms with Gasteiger partial charge in [0.2, 0.25) is 12.7 Å². The number of nitrogens with one attached hydrogen (secondary N) is 1. The van der Waals surface area contributed by atoms with Crippen molar-refractivity contribution in [3.05, 3.63) is 53.6 Å². The Kier molecular flexibility index (Phi) is 4.66. The molecule has 8 heteroatoms. The molecule has 0 bridgehead atoms. The summed E-state index contributed by atoms with van der Waals surface area (Å²) in [5.74, 6) is 2.55. The van der Waals surface area contributed by atoms with Crippen LogP contribution in [0.4, 0.5) is 0 Å². The van der Waals surface area contributed by atoms with Gasteiger partial charge >= 0.3 is 0 Å². The van der Waals surface area contributed by atoms with Gasteiger partial charge in [-0.25, -0.2) is 0 Å². The van der Waals surface area contributed by atoms with E-state index in [9.17, 15) is 4.79 Å². The fourth-order valence-electron chi connectivity index (χ4n) is 3.95. The molecule has 0 fully saturated rings. The summed E-state index contributed by atoms with van der Waals surface area (Å²) in [6.07, 6.45) is 0.901. The second-order valence-corrected chi connectivity index (χ2v) is 8.98. The summed E-state index contributed by atoms with van der Waals surface area (Å²) in [7, 11) is 0. The summed E-state index contributed by atoms with van der Waals surface area (Å²) < 4.78 is 12.9. The third-order valence-electron chi connectivity index (χ3n) is 5.38. The number of carbonyl (C=O) groups excluding carboxylic acids is 1. The van der Waals surface area contributed by atoms with Crippen LogP contribution in [-0.4, -0.2) is 33.2 Å². The molecule has 2 aliphatic heterocycles. The number of thioether (sulfide) groups is 1. The van der Waals surface area contributed by atoms with Gasteiger partial charge in [-0.05, 0) is 43.5 Å².